The number of hydrogen-bond donors (Lipinski definition) is 0. The molecule has 0 amide bonds. The van der Waals surface area contributed by atoms with Gasteiger partial charge in [-0.2, -0.15) is 0 Å². The second kappa shape index (κ2) is 16.2. The predicted octanol–water partition coefficient (Wildman–Crippen LogP) is 5.00. The molecule has 0 N–H and O–H groups in total. The van der Waals surface area contributed by atoms with Crippen LogP contribution in [0.15, 0.2) is 11.8 Å². The summed E-state index contributed by atoms with van der Waals surface area (Å²) in [4.78, 5) is 10.7. The standard InChI is InChI=1S/C17H32O3/c1-3-5-7-8-9-10-12-14-19-16-20-17(15-18)13-11-6-4-2/h13,15H,3-12,14,16H2,1-2H3. The normalized spacial score (nSPS) is 11.6. The highest BCUT2D eigenvalue weighted by Crippen LogP contribution is 2.07. The molecule has 0 saturated heterocycles. The van der Waals surface area contributed by atoms with Crippen molar-refractivity contribution in [1.29, 1.82) is 0 Å². The van der Waals surface area contributed by atoms with Gasteiger partial charge in [0.2, 0.25) is 0 Å². The van der Waals surface area contributed by atoms with Gasteiger partial charge in [0.05, 0.1) is 6.61 Å². The van der Waals surface area contributed by atoms with Crippen molar-refractivity contribution in [2.75, 3.05) is 13.4 Å². The van der Waals surface area contributed by atoms with Gasteiger partial charge >= 0.3 is 0 Å². The van der Waals surface area contributed by atoms with Crippen LogP contribution in [-0.4, -0.2) is 19.7 Å². The molecule has 0 unspecified atom stereocenters. The monoisotopic (exact) mass is 284 g/mol. The van der Waals surface area contributed by atoms with Crippen LogP contribution in [0.3, 0.4) is 0 Å². The molecule has 20 heavy (non-hydrogen) atoms. The first-order valence-corrected chi connectivity index (χ1v) is 8.21. The summed E-state index contributed by atoms with van der Waals surface area (Å²) >= 11 is 0. The number of rotatable bonds is 15. The summed E-state index contributed by atoms with van der Waals surface area (Å²) in [6.45, 7) is 5.26. The topological polar surface area (TPSA) is 35.5 Å². The molecule has 0 saturated carbocycles. The maximum absolute atomic E-state index is 10.7. The lowest BCUT2D eigenvalue weighted by molar-refractivity contribution is -0.111. The van der Waals surface area contributed by atoms with Crippen molar-refractivity contribution in [3.63, 3.8) is 0 Å². The van der Waals surface area contributed by atoms with E-state index >= 15 is 0 Å². The highest BCUT2D eigenvalue weighted by atomic mass is 16.7. The maximum Gasteiger partial charge on any atom is 0.189 e. The van der Waals surface area contributed by atoms with Gasteiger partial charge in [-0.05, 0) is 25.3 Å². The number of unbranched alkanes of at least 4 members (excludes halogenated alkanes) is 8. The maximum atomic E-state index is 10.7. The summed E-state index contributed by atoms with van der Waals surface area (Å²) in [5.41, 5.74) is 0. The second-order valence-electron chi connectivity index (χ2n) is 5.16. The van der Waals surface area contributed by atoms with Crippen LogP contribution in [0.25, 0.3) is 0 Å². The summed E-state index contributed by atoms with van der Waals surface area (Å²) < 4.78 is 10.6. The first kappa shape index (κ1) is 19.2. The lowest BCUT2D eigenvalue weighted by Gasteiger charge is -2.06. The number of aldehydes is 1. The molecule has 0 bridgehead atoms. The Morgan fingerprint density at radius 1 is 0.900 bits per heavy atom. The molecular formula is C17H32O3. The Bertz CT molecular complexity index is 236. The Morgan fingerprint density at radius 2 is 1.55 bits per heavy atom. The first-order chi connectivity index (χ1) is 9.85. The minimum atomic E-state index is 0.187. The van der Waals surface area contributed by atoms with Crippen molar-refractivity contribution in [3.8, 4) is 0 Å². The molecule has 3 nitrogen and oxygen atoms in total. The Morgan fingerprint density at radius 3 is 2.20 bits per heavy atom. The molecule has 0 rings (SSSR count). The number of carbonyl (C=O) groups is 1. The Hall–Kier alpha value is -0.830. The Kier molecular flexibility index (Phi) is 15.6. The highest BCUT2D eigenvalue weighted by molar-refractivity contribution is 5.69. The lowest BCUT2D eigenvalue weighted by Crippen LogP contribution is -2.02. The van der Waals surface area contributed by atoms with E-state index < -0.39 is 0 Å². The van der Waals surface area contributed by atoms with Gasteiger partial charge < -0.3 is 9.47 Å². The van der Waals surface area contributed by atoms with E-state index in [1.165, 1.54) is 38.5 Å². The average molecular weight is 284 g/mol. The van der Waals surface area contributed by atoms with E-state index in [2.05, 4.69) is 13.8 Å². The average Bonchev–Trinajstić information content (AvgIpc) is 2.47. The van der Waals surface area contributed by atoms with Crippen LogP contribution in [0.4, 0.5) is 0 Å². The van der Waals surface area contributed by atoms with E-state index in [9.17, 15) is 4.79 Å². The molecule has 0 fully saturated rings. The van der Waals surface area contributed by atoms with Crippen LogP contribution in [0.2, 0.25) is 0 Å². The fraction of sp³-hybridized carbons (Fsp3) is 0.824. The van der Waals surface area contributed by atoms with Crippen LogP contribution >= 0.6 is 0 Å². The molecule has 0 atom stereocenters. The third kappa shape index (κ3) is 13.6. The van der Waals surface area contributed by atoms with Gasteiger partial charge in [0.25, 0.3) is 0 Å². The molecular weight excluding hydrogens is 252 g/mol. The molecule has 0 aromatic heterocycles. The van der Waals surface area contributed by atoms with Crippen molar-refractivity contribution in [2.45, 2.75) is 78.1 Å². The fourth-order valence-electron chi connectivity index (χ4n) is 1.92. The van der Waals surface area contributed by atoms with Crippen LogP contribution in [0.1, 0.15) is 78.1 Å². The summed E-state index contributed by atoms with van der Waals surface area (Å²) in [5.74, 6) is 0.401. The molecule has 0 heterocycles. The first-order valence-electron chi connectivity index (χ1n) is 8.21. The Labute approximate surface area is 124 Å². The van der Waals surface area contributed by atoms with E-state index in [-0.39, 0.29) is 6.79 Å². The van der Waals surface area contributed by atoms with E-state index in [0.717, 1.165) is 38.6 Å². The zero-order chi connectivity index (χ0) is 14.9. The van der Waals surface area contributed by atoms with Gasteiger partial charge in [0.15, 0.2) is 18.8 Å². The van der Waals surface area contributed by atoms with E-state index in [1.54, 1.807) is 0 Å². The third-order valence-electron chi connectivity index (χ3n) is 3.22. The summed E-state index contributed by atoms with van der Waals surface area (Å²) in [5, 5.41) is 0. The van der Waals surface area contributed by atoms with Gasteiger partial charge in [-0.1, -0.05) is 58.8 Å². The third-order valence-corrected chi connectivity index (χ3v) is 3.22. The number of allylic oxidation sites excluding steroid dienone is 2. The van der Waals surface area contributed by atoms with E-state index in [1.807, 2.05) is 6.08 Å². The predicted molar refractivity (Wildman–Crippen MR) is 83.6 cm³/mol. The Balaban J connectivity index is 3.33. The molecule has 3 heteroatoms. The lowest BCUT2D eigenvalue weighted by atomic mass is 10.1. The largest absolute Gasteiger partial charge is 0.464 e. The van der Waals surface area contributed by atoms with E-state index in [0.29, 0.717) is 5.76 Å². The van der Waals surface area contributed by atoms with E-state index in [4.69, 9.17) is 9.47 Å². The zero-order valence-corrected chi connectivity index (χ0v) is 13.4. The van der Waals surface area contributed by atoms with Gasteiger partial charge in [-0.3, -0.25) is 4.79 Å². The molecule has 0 aliphatic heterocycles. The minimum absolute atomic E-state index is 0.187. The number of hydrogen-bond acceptors (Lipinski definition) is 3. The van der Waals surface area contributed by atoms with Crippen LogP contribution in [0.5, 0.6) is 0 Å². The van der Waals surface area contributed by atoms with Crippen LogP contribution in [0, 0.1) is 0 Å². The molecule has 118 valence electrons. The van der Waals surface area contributed by atoms with Crippen molar-refractivity contribution in [2.24, 2.45) is 0 Å². The molecule has 0 aromatic rings. The molecule has 0 aromatic carbocycles. The SMILES string of the molecule is CCCCC=C(C=O)OCOCCCCCCCCC. The number of carbonyl (C=O) groups excluding carboxylic acids is 1. The van der Waals surface area contributed by atoms with Crippen LogP contribution < -0.4 is 0 Å². The molecule has 0 aliphatic carbocycles. The number of ether oxygens (including phenoxy) is 2. The molecule has 0 radical (unpaired) electrons. The smallest absolute Gasteiger partial charge is 0.189 e. The van der Waals surface area contributed by atoms with Gasteiger partial charge in [-0.25, -0.2) is 0 Å². The van der Waals surface area contributed by atoms with Gasteiger partial charge in [0.1, 0.15) is 0 Å². The van der Waals surface area contributed by atoms with Crippen molar-refractivity contribution in [3.05, 3.63) is 11.8 Å². The van der Waals surface area contributed by atoms with Gasteiger partial charge in [-0.15, -0.1) is 0 Å². The van der Waals surface area contributed by atoms with Crippen LogP contribution in [-0.2, 0) is 14.3 Å². The van der Waals surface area contributed by atoms with Crippen molar-refractivity contribution in [1.82, 2.24) is 0 Å². The molecule has 0 aliphatic rings. The highest BCUT2D eigenvalue weighted by Gasteiger charge is 1.96. The van der Waals surface area contributed by atoms with Crippen molar-refractivity contribution >= 4 is 6.29 Å². The van der Waals surface area contributed by atoms with Crippen molar-refractivity contribution < 1.29 is 14.3 Å². The fourth-order valence-corrected chi connectivity index (χ4v) is 1.92. The van der Waals surface area contributed by atoms with Gasteiger partial charge in [0, 0.05) is 0 Å². The summed E-state index contributed by atoms with van der Waals surface area (Å²) in [6.07, 6.45) is 14.6. The second-order valence-corrected chi connectivity index (χ2v) is 5.16. The summed E-state index contributed by atoms with van der Waals surface area (Å²) in [6, 6.07) is 0. The summed E-state index contributed by atoms with van der Waals surface area (Å²) in [7, 11) is 0. The minimum Gasteiger partial charge on any atom is -0.464 e. The molecule has 0 spiro atoms. The zero-order valence-electron chi connectivity index (χ0n) is 13.4. The quantitative estimate of drug-likeness (QED) is 0.139.